The molecule has 1 saturated heterocycles. The molecule has 126 valence electrons. The Kier molecular flexibility index (Phi) is 4.52. The first-order valence-corrected chi connectivity index (χ1v) is 8.97. The van der Waals surface area contributed by atoms with Gasteiger partial charge in [0.1, 0.15) is 17.7 Å². The van der Waals surface area contributed by atoms with Crippen LogP contribution in [-0.4, -0.2) is 30.6 Å². The van der Waals surface area contributed by atoms with Crippen LogP contribution in [0.1, 0.15) is 30.7 Å². The number of rotatable bonds is 5. The van der Waals surface area contributed by atoms with Crippen molar-refractivity contribution in [2.45, 2.75) is 31.3 Å². The van der Waals surface area contributed by atoms with Crippen molar-refractivity contribution in [2.75, 3.05) is 19.6 Å². The first-order valence-electron chi connectivity index (χ1n) is 8.97. The fourth-order valence-electron chi connectivity index (χ4n) is 3.68. The van der Waals surface area contributed by atoms with Gasteiger partial charge >= 0.3 is 0 Å². The lowest BCUT2D eigenvalue weighted by Crippen LogP contribution is -2.44. The summed E-state index contributed by atoms with van der Waals surface area (Å²) in [5, 5.41) is 0. The molecule has 1 aliphatic carbocycles. The number of piperidine rings is 1. The topological polar surface area (TPSA) is 12.5 Å². The molecule has 2 aromatic carbocycles. The number of hydrogen-bond donors (Lipinski definition) is 0. The minimum atomic E-state index is -0.221. The molecule has 2 aromatic rings. The first kappa shape index (κ1) is 15.6. The first-order chi connectivity index (χ1) is 11.8. The van der Waals surface area contributed by atoms with Crippen LogP contribution in [0.15, 0.2) is 54.6 Å². The van der Waals surface area contributed by atoms with Gasteiger partial charge in [0.15, 0.2) is 0 Å². The third-order valence-electron chi connectivity index (χ3n) is 5.18. The number of ether oxygens (including phenoxy) is 1. The van der Waals surface area contributed by atoms with Gasteiger partial charge < -0.3 is 9.64 Å². The standard InChI is InChI=1S/C21H24FNO/c22-18-8-10-19(11-9-18)24-21-12-13-23(14-16-6-7-16)15-20(21)17-4-2-1-3-5-17/h1-5,8-11,16,20-21H,6-7,12-15H2/t20-,21-/m0/s1. The van der Waals surface area contributed by atoms with Crippen molar-refractivity contribution in [2.24, 2.45) is 5.92 Å². The fourth-order valence-corrected chi connectivity index (χ4v) is 3.68. The van der Waals surface area contributed by atoms with Crippen LogP contribution in [0.5, 0.6) is 5.75 Å². The maximum Gasteiger partial charge on any atom is 0.123 e. The molecule has 1 saturated carbocycles. The van der Waals surface area contributed by atoms with Crippen LogP contribution >= 0.6 is 0 Å². The van der Waals surface area contributed by atoms with Gasteiger partial charge in [-0.15, -0.1) is 0 Å². The molecule has 0 amide bonds. The van der Waals surface area contributed by atoms with Crippen molar-refractivity contribution < 1.29 is 9.13 Å². The third-order valence-corrected chi connectivity index (χ3v) is 5.18. The third kappa shape index (κ3) is 3.78. The second-order valence-electron chi connectivity index (χ2n) is 7.12. The highest BCUT2D eigenvalue weighted by Gasteiger charge is 2.34. The Morgan fingerprint density at radius 1 is 0.958 bits per heavy atom. The van der Waals surface area contributed by atoms with Gasteiger partial charge in [0.05, 0.1) is 0 Å². The van der Waals surface area contributed by atoms with E-state index in [1.807, 2.05) is 0 Å². The van der Waals surface area contributed by atoms with E-state index in [-0.39, 0.29) is 11.9 Å². The maximum atomic E-state index is 13.1. The van der Waals surface area contributed by atoms with E-state index < -0.39 is 0 Å². The van der Waals surface area contributed by atoms with Crippen molar-refractivity contribution in [3.05, 3.63) is 66.0 Å². The Labute approximate surface area is 143 Å². The molecule has 2 fully saturated rings. The lowest BCUT2D eigenvalue weighted by atomic mass is 9.87. The predicted octanol–water partition coefficient (Wildman–Crippen LogP) is 4.47. The molecule has 2 aliphatic rings. The summed E-state index contributed by atoms with van der Waals surface area (Å²) in [5.74, 6) is 1.82. The summed E-state index contributed by atoms with van der Waals surface area (Å²) >= 11 is 0. The summed E-state index contributed by atoms with van der Waals surface area (Å²) in [7, 11) is 0. The highest BCUT2D eigenvalue weighted by molar-refractivity contribution is 5.26. The monoisotopic (exact) mass is 325 g/mol. The lowest BCUT2D eigenvalue weighted by molar-refractivity contribution is 0.0754. The lowest BCUT2D eigenvalue weighted by Gasteiger charge is -2.39. The van der Waals surface area contributed by atoms with Crippen molar-refractivity contribution in [3.63, 3.8) is 0 Å². The second kappa shape index (κ2) is 6.94. The van der Waals surface area contributed by atoms with Gasteiger partial charge in [0.25, 0.3) is 0 Å². The van der Waals surface area contributed by atoms with Crippen molar-refractivity contribution in [3.8, 4) is 5.75 Å². The quantitative estimate of drug-likeness (QED) is 0.804. The van der Waals surface area contributed by atoms with Crippen LogP contribution in [0.2, 0.25) is 0 Å². The highest BCUT2D eigenvalue weighted by atomic mass is 19.1. The van der Waals surface area contributed by atoms with Gasteiger partial charge in [-0.05, 0) is 55.0 Å². The minimum Gasteiger partial charge on any atom is -0.490 e. The Hall–Kier alpha value is -1.87. The van der Waals surface area contributed by atoms with Crippen molar-refractivity contribution in [1.29, 1.82) is 0 Å². The van der Waals surface area contributed by atoms with Crippen molar-refractivity contribution in [1.82, 2.24) is 4.90 Å². The van der Waals surface area contributed by atoms with Crippen LogP contribution in [0.4, 0.5) is 4.39 Å². The summed E-state index contributed by atoms with van der Waals surface area (Å²) in [4.78, 5) is 2.60. The molecule has 0 spiro atoms. The van der Waals surface area contributed by atoms with Crippen LogP contribution in [0.25, 0.3) is 0 Å². The number of benzene rings is 2. The second-order valence-corrected chi connectivity index (χ2v) is 7.12. The van der Waals surface area contributed by atoms with E-state index in [1.54, 1.807) is 12.1 Å². The van der Waals surface area contributed by atoms with Crippen molar-refractivity contribution >= 4 is 0 Å². The summed E-state index contributed by atoms with van der Waals surface area (Å²) in [5.41, 5.74) is 1.34. The van der Waals surface area contributed by atoms with Gasteiger partial charge in [-0.1, -0.05) is 30.3 Å². The number of nitrogens with zero attached hydrogens (tertiary/aromatic N) is 1. The Balaban J connectivity index is 1.51. The molecule has 0 aromatic heterocycles. The number of halogens is 1. The molecule has 2 nitrogen and oxygen atoms in total. The van der Waals surface area contributed by atoms with Crippen LogP contribution in [-0.2, 0) is 0 Å². The molecule has 0 radical (unpaired) electrons. The minimum absolute atomic E-state index is 0.147. The molecule has 3 heteroatoms. The largest absolute Gasteiger partial charge is 0.490 e. The van der Waals surface area contributed by atoms with Gasteiger partial charge in [0.2, 0.25) is 0 Å². The Morgan fingerprint density at radius 2 is 1.71 bits per heavy atom. The summed E-state index contributed by atoms with van der Waals surface area (Å²) in [6.07, 6.45) is 3.95. The van der Waals surface area contributed by atoms with E-state index in [9.17, 15) is 4.39 Å². The van der Waals surface area contributed by atoms with Gasteiger partial charge in [0, 0.05) is 25.6 Å². The smallest absolute Gasteiger partial charge is 0.123 e. The van der Waals surface area contributed by atoms with Crippen LogP contribution < -0.4 is 4.74 Å². The fraction of sp³-hybridized carbons (Fsp3) is 0.429. The SMILES string of the molecule is Fc1ccc(O[C@H]2CCN(CC3CC3)C[C@H]2c2ccccc2)cc1. The molecule has 24 heavy (non-hydrogen) atoms. The summed E-state index contributed by atoms with van der Waals surface area (Å²) < 4.78 is 19.4. The van der Waals surface area contributed by atoms with E-state index in [4.69, 9.17) is 4.74 Å². The molecular formula is C21H24FNO. The molecule has 0 unspecified atom stereocenters. The molecule has 4 rings (SSSR count). The van der Waals surface area contributed by atoms with Gasteiger partial charge in [-0.3, -0.25) is 0 Å². The van der Waals surface area contributed by atoms with Gasteiger partial charge in [-0.25, -0.2) is 4.39 Å². The van der Waals surface area contributed by atoms with E-state index >= 15 is 0 Å². The predicted molar refractivity (Wildman–Crippen MR) is 93.8 cm³/mol. The maximum absolute atomic E-state index is 13.1. The van der Waals surface area contributed by atoms with E-state index in [2.05, 4.69) is 35.2 Å². The molecule has 0 bridgehead atoms. The Bertz CT molecular complexity index is 653. The molecular weight excluding hydrogens is 301 g/mol. The van der Waals surface area contributed by atoms with Crippen LogP contribution in [0.3, 0.4) is 0 Å². The van der Waals surface area contributed by atoms with Gasteiger partial charge in [-0.2, -0.15) is 0 Å². The molecule has 2 atom stereocenters. The average Bonchev–Trinajstić information content (AvgIpc) is 3.43. The molecule has 1 aliphatic heterocycles. The average molecular weight is 325 g/mol. The van der Waals surface area contributed by atoms with E-state index in [0.717, 1.165) is 31.2 Å². The zero-order chi connectivity index (χ0) is 16.4. The van der Waals surface area contributed by atoms with E-state index in [1.165, 1.54) is 37.1 Å². The number of hydrogen-bond acceptors (Lipinski definition) is 2. The number of likely N-dealkylation sites (tertiary alicyclic amines) is 1. The van der Waals surface area contributed by atoms with E-state index in [0.29, 0.717) is 5.92 Å². The van der Waals surface area contributed by atoms with Crippen LogP contribution in [0, 0.1) is 11.7 Å². The summed E-state index contributed by atoms with van der Waals surface area (Å²) in [6.45, 7) is 3.37. The normalized spacial score (nSPS) is 24.7. The molecule has 0 N–H and O–H groups in total. The zero-order valence-electron chi connectivity index (χ0n) is 13.9. The zero-order valence-corrected chi connectivity index (χ0v) is 13.9. The highest BCUT2D eigenvalue weighted by Crippen LogP contribution is 2.35. The Morgan fingerprint density at radius 3 is 2.42 bits per heavy atom. The molecule has 1 heterocycles. The summed E-state index contributed by atoms with van der Waals surface area (Å²) in [6, 6.07) is 17.1.